The first kappa shape index (κ1) is 16.5. The molecule has 0 aliphatic carbocycles. The van der Waals surface area contributed by atoms with Gasteiger partial charge in [0, 0.05) is 19.2 Å². The van der Waals surface area contributed by atoms with Gasteiger partial charge in [-0.3, -0.25) is 10.1 Å². The predicted octanol–water partition coefficient (Wildman–Crippen LogP) is 2.67. The van der Waals surface area contributed by atoms with Crippen LogP contribution in [0.15, 0.2) is 23.8 Å². The Hall–Kier alpha value is -2.88. The van der Waals surface area contributed by atoms with Crippen LogP contribution in [-0.4, -0.2) is 31.1 Å². The number of nitrogens with zero attached hydrogens (tertiary/aromatic N) is 3. The Morgan fingerprint density at radius 3 is 2.65 bits per heavy atom. The topological polar surface area (TPSA) is 96.5 Å². The van der Waals surface area contributed by atoms with Gasteiger partial charge in [0.15, 0.2) is 0 Å². The standard InChI is InChI=1S/C16H17N3O4/c1-23-16(20)13(11-17)9-12-5-6-14(15(10-12)19(21)22)18-7-3-2-4-8-18/h5-6,9-10H,2-4,7-8H2,1H3. The van der Waals surface area contributed by atoms with E-state index in [9.17, 15) is 14.9 Å². The molecule has 1 aliphatic rings. The summed E-state index contributed by atoms with van der Waals surface area (Å²) in [6.45, 7) is 1.59. The van der Waals surface area contributed by atoms with E-state index in [0.29, 0.717) is 11.3 Å². The van der Waals surface area contributed by atoms with Crippen LogP contribution in [0.2, 0.25) is 0 Å². The Morgan fingerprint density at radius 2 is 2.09 bits per heavy atom. The number of nitro groups is 1. The van der Waals surface area contributed by atoms with Crippen LogP contribution in [0.1, 0.15) is 24.8 Å². The fourth-order valence-electron chi connectivity index (χ4n) is 2.59. The smallest absolute Gasteiger partial charge is 0.348 e. The van der Waals surface area contributed by atoms with Crippen LogP contribution in [0.4, 0.5) is 11.4 Å². The van der Waals surface area contributed by atoms with Crippen molar-refractivity contribution < 1.29 is 14.5 Å². The molecule has 0 amide bonds. The van der Waals surface area contributed by atoms with Crippen molar-refractivity contribution in [3.63, 3.8) is 0 Å². The number of methoxy groups -OCH3 is 1. The van der Waals surface area contributed by atoms with Gasteiger partial charge in [-0.15, -0.1) is 0 Å². The molecule has 7 heteroatoms. The lowest BCUT2D eigenvalue weighted by atomic mass is 10.1. The first-order valence-electron chi connectivity index (χ1n) is 7.30. The van der Waals surface area contributed by atoms with E-state index in [-0.39, 0.29) is 11.3 Å². The summed E-state index contributed by atoms with van der Waals surface area (Å²) in [4.78, 5) is 24.4. The Labute approximate surface area is 133 Å². The second-order valence-electron chi connectivity index (χ2n) is 5.21. The van der Waals surface area contributed by atoms with Crippen LogP contribution in [0.3, 0.4) is 0 Å². The van der Waals surface area contributed by atoms with Gasteiger partial charge in [0.05, 0.1) is 12.0 Å². The van der Waals surface area contributed by atoms with E-state index in [2.05, 4.69) is 4.74 Å². The highest BCUT2D eigenvalue weighted by Gasteiger charge is 2.21. The van der Waals surface area contributed by atoms with Gasteiger partial charge >= 0.3 is 5.97 Å². The minimum Gasteiger partial charge on any atom is -0.465 e. The first-order valence-corrected chi connectivity index (χ1v) is 7.30. The fraction of sp³-hybridized carbons (Fsp3) is 0.375. The highest BCUT2D eigenvalue weighted by Crippen LogP contribution is 2.31. The number of piperidine rings is 1. The molecule has 23 heavy (non-hydrogen) atoms. The molecular formula is C16H17N3O4. The molecule has 1 heterocycles. The highest BCUT2D eigenvalue weighted by atomic mass is 16.6. The van der Waals surface area contributed by atoms with E-state index in [1.807, 2.05) is 4.90 Å². The predicted molar refractivity (Wildman–Crippen MR) is 84.8 cm³/mol. The molecule has 1 aromatic rings. The molecule has 0 bridgehead atoms. The lowest BCUT2D eigenvalue weighted by Gasteiger charge is -2.28. The summed E-state index contributed by atoms with van der Waals surface area (Å²) in [5.41, 5.74) is 0.762. The summed E-state index contributed by atoms with van der Waals surface area (Å²) in [6.07, 6.45) is 4.45. The van der Waals surface area contributed by atoms with E-state index >= 15 is 0 Å². The Balaban J connectivity index is 2.39. The van der Waals surface area contributed by atoms with E-state index in [4.69, 9.17) is 5.26 Å². The number of hydrogen-bond acceptors (Lipinski definition) is 6. The van der Waals surface area contributed by atoms with Crippen molar-refractivity contribution in [3.8, 4) is 6.07 Å². The van der Waals surface area contributed by atoms with Crippen molar-refractivity contribution >= 4 is 23.4 Å². The zero-order valence-electron chi connectivity index (χ0n) is 12.8. The molecule has 0 radical (unpaired) electrons. The maximum absolute atomic E-state index is 11.4. The van der Waals surface area contributed by atoms with Crippen molar-refractivity contribution in [2.24, 2.45) is 0 Å². The lowest BCUT2D eigenvalue weighted by Crippen LogP contribution is -2.29. The molecule has 0 N–H and O–H groups in total. The second kappa shape index (κ2) is 7.40. The second-order valence-corrected chi connectivity index (χ2v) is 5.21. The fourth-order valence-corrected chi connectivity index (χ4v) is 2.59. The van der Waals surface area contributed by atoms with Crippen LogP contribution in [0.5, 0.6) is 0 Å². The van der Waals surface area contributed by atoms with E-state index in [1.54, 1.807) is 18.2 Å². The van der Waals surface area contributed by atoms with E-state index in [1.165, 1.54) is 19.3 Å². The summed E-state index contributed by atoms with van der Waals surface area (Å²) >= 11 is 0. The summed E-state index contributed by atoms with van der Waals surface area (Å²) in [5.74, 6) is -0.768. The maximum Gasteiger partial charge on any atom is 0.348 e. The molecule has 0 saturated carbocycles. The van der Waals surface area contributed by atoms with Gasteiger partial charge in [0.25, 0.3) is 5.69 Å². The third kappa shape index (κ3) is 3.86. The van der Waals surface area contributed by atoms with Crippen molar-refractivity contribution in [1.82, 2.24) is 0 Å². The molecule has 120 valence electrons. The van der Waals surface area contributed by atoms with Crippen LogP contribution < -0.4 is 4.90 Å². The quantitative estimate of drug-likeness (QED) is 0.278. The van der Waals surface area contributed by atoms with Crippen molar-refractivity contribution in [2.75, 3.05) is 25.1 Å². The Bertz CT molecular complexity index is 685. The van der Waals surface area contributed by atoms with E-state index in [0.717, 1.165) is 32.4 Å². The molecule has 0 aromatic heterocycles. The number of esters is 1. The van der Waals surface area contributed by atoms with Gasteiger partial charge in [-0.2, -0.15) is 5.26 Å². The van der Waals surface area contributed by atoms with Crippen LogP contribution in [-0.2, 0) is 9.53 Å². The van der Waals surface area contributed by atoms with Gasteiger partial charge in [0.1, 0.15) is 17.3 Å². The number of nitro benzene ring substituents is 1. The molecule has 1 aliphatic heterocycles. The van der Waals surface area contributed by atoms with Crippen molar-refractivity contribution in [2.45, 2.75) is 19.3 Å². The summed E-state index contributed by atoms with van der Waals surface area (Å²) in [5, 5.41) is 20.3. The monoisotopic (exact) mass is 315 g/mol. The number of anilines is 1. The molecule has 1 aromatic carbocycles. The third-order valence-corrected chi connectivity index (χ3v) is 3.73. The average molecular weight is 315 g/mol. The minimum atomic E-state index is -0.768. The van der Waals surface area contributed by atoms with Gasteiger partial charge in [0.2, 0.25) is 0 Å². The van der Waals surface area contributed by atoms with Crippen molar-refractivity contribution in [3.05, 3.63) is 39.4 Å². The van der Waals surface area contributed by atoms with Crippen LogP contribution in [0.25, 0.3) is 6.08 Å². The molecular weight excluding hydrogens is 298 g/mol. The molecule has 7 nitrogen and oxygen atoms in total. The largest absolute Gasteiger partial charge is 0.465 e. The molecule has 0 spiro atoms. The number of nitriles is 1. The molecule has 2 rings (SSSR count). The molecule has 0 unspecified atom stereocenters. The number of ether oxygens (including phenoxy) is 1. The highest BCUT2D eigenvalue weighted by molar-refractivity contribution is 5.98. The summed E-state index contributed by atoms with van der Waals surface area (Å²) < 4.78 is 4.50. The molecule has 0 atom stereocenters. The van der Waals surface area contributed by atoms with Gasteiger partial charge in [-0.1, -0.05) is 6.07 Å². The number of rotatable bonds is 4. The van der Waals surface area contributed by atoms with Crippen molar-refractivity contribution in [1.29, 1.82) is 5.26 Å². The maximum atomic E-state index is 11.4. The Morgan fingerprint density at radius 1 is 1.39 bits per heavy atom. The van der Waals surface area contributed by atoms with Gasteiger partial charge < -0.3 is 9.64 Å². The van der Waals surface area contributed by atoms with Crippen LogP contribution in [0, 0.1) is 21.4 Å². The SMILES string of the molecule is COC(=O)C(C#N)=Cc1ccc(N2CCCCC2)c([N+](=O)[O-])c1. The summed E-state index contributed by atoms with van der Waals surface area (Å²) in [6, 6.07) is 6.45. The molecule has 1 fully saturated rings. The minimum absolute atomic E-state index is 0.0252. The number of carbonyl (C=O) groups is 1. The Kier molecular flexibility index (Phi) is 5.31. The third-order valence-electron chi connectivity index (χ3n) is 3.73. The number of benzene rings is 1. The van der Waals surface area contributed by atoms with Gasteiger partial charge in [-0.05, 0) is 37.0 Å². The van der Waals surface area contributed by atoms with Crippen LogP contribution >= 0.6 is 0 Å². The normalized spacial score (nSPS) is 15.0. The van der Waals surface area contributed by atoms with Gasteiger partial charge in [-0.25, -0.2) is 4.79 Å². The average Bonchev–Trinajstić information content (AvgIpc) is 2.59. The zero-order chi connectivity index (χ0) is 16.8. The van der Waals surface area contributed by atoms with E-state index < -0.39 is 10.9 Å². The first-order chi connectivity index (χ1) is 11.1. The summed E-state index contributed by atoms with van der Waals surface area (Å²) in [7, 11) is 1.18. The molecule has 1 saturated heterocycles. The number of carbonyl (C=O) groups excluding carboxylic acids is 1. The lowest BCUT2D eigenvalue weighted by molar-refractivity contribution is -0.384. The number of hydrogen-bond donors (Lipinski definition) is 0. The zero-order valence-corrected chi connectivity index (χ0v) is 12.8.